The fourth-order valence-corrected chi connectivity index (χ4v) is 1.20. The Balaban J connectivity index is 3.57. The van der Waals surface area contributed by atoms with Gasteiger partial charge in [0.1, 0.15) is 0 Å². The highest BCUT2D eigenvalue weighted by molar-refractivity contribution is 9.11. The third-order valence-corrected chi connectivity index (χ3v) is 2.19. The molecule has 0 aliphatic carbocycles. The Kier molecular flexibility index (Phi) is 13.1. The van der Waals surface area contributed by atoms with Gasteiger partial charge in [0.15, 0.2) is 0 Å². The lowest BCUT2D eigenvalue weighted by molar-refractivity contribution is -0.137. The number of unbranched alkanes of at least 4 members (excludes halogenated alkanes) is 2. The zero-order chi connectivity index (χ0) is 14.2. The Labute approximate surface area is 123 Å². The van der Waals surface area contributed by atoms with Crippen LogP contribution >= 0.6 is 15.9 Å². The summed E-state index contributed by atoms with van der Waals surface area (Å²) < 4.78 is 0. The van der Waals surface area contributed by atoms with Crippen molar-refractivity contribution in [1.29, 1.82) is 0 Å². The molecule has 19 heavy (non-hydrogen) atoms. The van der Waals surface area contributed by atoms with Crippen LogP contribution in [-0.4, -0.2) is 11.1 Å². The summed E-state index contributed by atoms with van der Waals surface area (Å²) >= 11 is 3.13. The minimum atomic E-state index is -0.765. The minimum Gasteiger partial charge on any atom is -0.481 e. The zero-order valence-corrected chi connectivity index (χ0v) is 12.3. The number of carboxylic acid groups (broad SMARTS) is 1. The van der Waals surface area contributed by atoms with Crippen LogP contribution in [0.15, 0.2) is 35.4 Å². The molecule has 0 aliphatic heterocycles. The van der Waals surface area contributed by atoms with E-state index in [1.165, 1.54) is 0 Å². The third-order valence-electron chi connectivity index (χ3n) is 1.93. The van der Waals surface area contributed by atoms with Crippen LogP contribution in [0.25, 0.3) is 0 Å². The molecule has 0 saturated heterocycles. The molecule has 0 heterocycles. The highest BCUT2D eigenvalue weighted by Crippen LogP contribution is 1.94. The van der Waals surface area contributed by atoms with Crippen molar-refractivity contribution in [2.45, 2.75) is 32.1 Å². The lowest BCUT2D eigenvalue weighted by atomic mass is 10.2. The standard InChI is InChI=1S/C16H17BrO2/c17-15-13-11-9-7-5-3-1-2-4-6-8-10-12-14-16(18)19/h2,4-5,7,13,15H,1,3,10,12,14H2,(H,18,19)/b4-2+,7-5+,15-13-. The summed E-state index contributed by atoms with van der Waals surface area (Å²) in [6.45, 7) is 0. The molecule has 0 amide bonds. The molecule has 0 aromatic heterocycles. The van der Waals surface area contributed by atoms with E-state index in [9.17, 15) is 4.79 Å². The first-order chi connectivity index (χ1) is 9.27. The van der Waals surface area contributed by atoms with Crippen molar-refractivity contribution in [3.8, 4) is 23.7 Å². The third kappa shape index (κ3) is 16.3. The van der Waals surface area contributed by atoms with Gasteiger partial charge in [0.05, 0.1) is 0 Å². The van der Waals surface area contributed by atoms with Gasteiger partial charge >= 0.3 is 5.97 Å². The van der Waals surface area contributed by atoms with Crippen LogP contribution in [0.2, 0.25) is 0 Å². The number of allylic oxidation sites excluding steroid dienone is 5. The SMILES string of the molecule is O=C(O)CCCC#C/C=C/CC/C=C/C#C/C=C\Br. The maximum Gasteiger partial charge on any atom is 0.303 e. The molecule has 0 spiro atoms. The average Bonchev–Trinajstić information content (AvgIpc) is 2.39. The van der Waals surface area contributed by atoms with E-state index in [1.54, 1.807) is 11.1 Å². The first kappa shape index (κ1) is 17.3. The van der Waals surface area contributed by atoms with E-state index < -0.39 is 5.97 Å². The van der Waals surface area contributed by atoms with E-state index >= 15 is 0 Å². The number of hydrogen-bond donors (Lipinski definition) is 1. The molecule has 0 unspecified atom stereocenters. The van der Waals surface area contributed by atoms with Crippen molar-refractivity contribution in [3.05, 3.63) is 35.4 Å². The molecule has 2 nitrogen and oxygen atoms in total. The molecule has 0 atom stereocenters. The van der Waals surface area contributed by atoms with Gasteiger partial charge in [0.25, 0.3) is 0 Å². The van der Waals surface area contributed by atoms with Crippen molar-refractivity contribution in [2.75, 3.05) is 0 Å². The summed E-state index contributed by atoms with van der Waals surface area (Å²) in [5, 5.41) is 8.42. The van der Waals surface area contributed by atoms with Gasteiger partial charge in [-0.3, -0.25) is 4.79 Å². The Hall–Kier alpha value is -1.71. The van der Waals surface area contributed by atoms with Crippen LogP contribution in [0.4, 0.5) is 0 Å². The highest BCUT2D eigenvalue weighted by Gasteiger charge is 1.92. The van der Waals surface area contributed by atoms with E-state index in [0.717, 1.165) is 12.8 Å². The lowest BCUT2D eigenvalue weighted by Crippen LogP contribution is -1.92. The van der Waals surface area contributed by atoms with Gasteiger partial charge in [-0.2, -0.15) is 0 Å². The molecule has 0 aromatic rings. The largest absolute Gasteiger partial charge is 0.481 e. The second-order valence-corrected chi connectivity index (χ2v) is 4.06. The molecule has 0 bridgehead atoms. The lowest BCUT2D eigenvalue weighted by Gasteiger charge is -1.86. The van der Waals surface area contributed by atoms with Crippen LogP contribution in [0.3, 0.4) is 0 Å². The molecule has 3 heteroatoms. The normalized spacial score (nSPS) is 10.4. The van der Waals surface area contributed by atoms with E-state index in [2.05, 4.69) is 39.6 Å². The molecular weight excluding hydrogens is 304 g/mol. The van der Waals surface area contributed by atoms with Gasteiger partial charge in [-0.05, 0) is 42.5 Å². The number of halogens is 1. The predicted octanol–water partition coefficient (Wildman–Crippen LogP) is 4.05. The maximum atomic E-state index is 10.2. The van der Waals surface area contributed by atoms with Crippen molar-refractivity contribution >= 4 is 21.9 Å². The van der Waals surface area contributed by atoms with Gasteiger partial charge < -0.3 is 5.11 Å². The number of carboxylic acids is 1. The molecule has 0 aliphatic rings. The summed E-state index contributed by atoms with van der Waals surface area (Å²) in [6.07, 6.45) is 12.7. The molecule has 0 saturated carbocycles. The first-order valence-electron chi connectivity index (χ1n) is 6.04. The number of carbonyl (C=O) groups is 1. The maximum absolute atomic E-state index is 10.2. The van der Waals surface area contributed by atoms with Crippen LogP contribution < -0.4 is 0 Å². The molecule has 0 fully saturated rings. The van der Waals surface area contributed by atoms with Crippen LogP contribution in [0, 0.1) is 23.7 Å². The summed E-state index contributed by atoms with van der Waals surface area (Å²) in [5.74, 6) is 10.7. The second-order valence-electron chi connectivity index (χ2n) is 3.53. The molecule has 0 radical (unpaired) electrons. The zero-order valence-electron chi connectivity index (χ0n) is 10.7. The van der Waals surface area contributed by atoms with E-state index in [0.29, 0.717) is 12.8 Å². The summed E-state index contributed by atoms with van der Waals surface area (Å²) in [4.78, 5) is 11.9. The molecule has 100 valence electrons. The van der Waals surface area contributed by atoms with E-state index in [1.807, 2.05) is 24.3 Å². The minimum absolute atomic E-state index is 0.189. The quantitative estimate of drug-likeness (QED) is 0.592. The Morgan fingerprint density at radius 3 is 2.32 bits per heavy atom. The van der Waals surface area contributed by atoms with Crippen molar-refractivity contribution in [3.63, 3.8) is 0 Å². The van der Waals surface area contributed by atoms with Gasteiger partial charge in [0.2, 0.25) is 0 Å². The monoisotopic (exact) mass is 320 g/mol. The molecular formula is C16H17BrO2. The van der Waals surface area contributed by atoms with Crippen LogP contribution in [0.5, 0.6) is 0 Å². The molecule has 0 aromatic carbocycles. The Morgan fingerprint density at radius 1 is 1.05 bits per heavy atom. The highest BCUT2D eigenvalue weighted by atomic mass is 79.9. The first-order valence-corrected chi connectivity index (χ1v) is 6.95. The van der Waals surface area contributed by atoms with Crippen molar-refractivity contribution in [1.82, 2.24) is 0 Å². The fraction of sp³-hybridized carbons (Fsp3) is 0.312. The van der Waals surface area contributed by atoms with Crippen molar-refractivity contribution in [2.24, 2.45) is 0 Å². The molecule has 1 N–H and O–H groups in total. The molecule has 0 rings (SSSR count). The van der Waals surface area contributed by atoms with Crippen molar-refractivity contribution < 1.29 is 9.90 Å². The average molecular weight is 321 g/mol. The topological polar surface area (TPSA) is 37.3 Å². The summed E-state index contributed by atoms with van der Waals surface area (Å²) in [7, 11) is 0. The van der Waals surface area contributed by atoms with E-state index in [4.69, 9.17) is 5.11 Å². The number of rotatable bonds is 6. The number of aliphatic carboxylic acids is 1. The Morgan fingerprint density at radius 2 is 1.68 bits per heavy atom. The predicted molar refractivity (Wildman–Crippen MR) is 82.6 cm³/mol. The van der Waals surface area contributed by atoms with Gasteiger partial charge in [-0.25, -0.2) is 0 Å². The van der Waals surface area contributed by atoms with E-state index in [-0.39, 0.29) is 6.42 Å². The second kappa shape index (κ2) is 14.4. The van der Waals surface area contributed by atoms with Crippen LogP contribution in [-0.2, 0) is 4.79 Å². The fourth-order valence-electron chi connectivity index (χ4n) is 1.06. The van der Waals surface area contributed by atoms with Gasteiger partial charge in [-0.15, -0.1) is 0 Å². The van der Waals surface area contributed by atoms with Gasteiger partial charge in [-0.1, -0.05) is 51.8 Å². The van der Waals surface area contributed by atoms with Crippen LogP contribution in [0.1, 0.15) is 32.1 Å². The Bertz CT molecular complexity index is 451. The summed E-state index contributed by atoms with van der Waals surface area (Å²) in [6, 6.07) is 0. The number of hydrogen-bond acceptors (Lipinski definition) is 1. The smallest absolute Gasteiger partial charge is 0.303 e. The van der Waals surface area contributed by atoms with Gasteiger partial charge in [0, 0.05) is 12.8 Å². The summed E-state index contributed by atoms with van der Waals surface area (Å²) in [5.41, 5.74) is 0.